The number of carbonyl (C=O) groups is 1. The molecule has 0 aliphatic rings. The number of aromatic nitrogens is 2. The Hall–Kier alpha value is -2.34. The van der Waals surface area contributed by atoms with E-state index in [9.17, 15) is 9.90 Å². The van der Waals surface area contributed by atoms with Gasteiger partial charge in [-0.15, -0.1) is 0 Å². The number of benzene rings is 1. The number of aromatic amines is 1. The van der Waals surface area contributed by atoms with E-state index in [2.05, 4.69) is 9.97 Å². The number of phenols is 1. The van der Waals surface area contributed by atoms with Crippen molar-refractivity contribution in [1.82, 2.24) is 14.9 Å². The number of nitrogens with zero attached hydrogens (tertiary/aromatic N) is 2. The van der Waals surface area contributed by atoms with Crippen LogP contribution in [0, 0.1) is 6.92 Å². The number of rotatable bonds is 6. The van der Waals surface area contributed by atoms with Gasteiger partial charge in [0.15, 0.2) is 0 Å². The van der Waals surface area contributed by atoms with Gasteiger partial charge in [0, 0.05) is 12.1 Å². The molecule has 0 saturated heterocycles. The second-order valence-electron chi connectivity index (χ2n) is 5.22. The maximum Gasteiger partial charge on any atom is 0.248 e. The molecule has 1 aromatic heterocycles. The molecule has 0 fully saturated rings. The van der Waals surface area contributed by atoms with Crippen LogP contribution in [0.2, 0.25) is 0 Å². The summed E-state index contributed by atoms with van der Waals surface area (Å²) >= 11 is 0. The minimum Gasteiger partial charge on any atom is -0.508 e. The molecule has 0 aliphatic carbocycles. The molecule has 0 aliphatic heterocycles. The smallest absolute Gasteiger partial charge is 0.248 e. The quantitative estimate of drug-likeness (QED) is 0.759. The van der Waals surface area contributed by atoms with Crippen LogP contribution in [0.1, 0.15) is 24.7 Å². The fraction of sp³-hybridized carbons (Fsp3) is 0.375. The monoisotopic (exact) mass is 303 g/mol. The second kappa shape index (κ2) is 7.09. The Morgan fingerprint density at radius 2 is 2.18 bits per heavy atom. The van der Waals surface area contributed by atoms with E-state index in [-0.39, 0.29) is 11.7 Å². The van der Waals surface area contributed by atoms with Gasteiger partial charge in [-0.05, 0) is 25.0 Å². The van der Waals surface area contributed by atoms with Crippen molar-refractivity contribution in [2.75, 3.05) is 13.2 Å². The SMILES string of the molecule is CCCN(Cc1ncc(-c2ccc(C)c(O)c2)[nH]1)C(=O)CO. The van der Waals surface area contributed by atoms with E-state index in [0.29, 0.717) is 18.9 Å². The van der Waals surface area contributed by atoms with Crippen LogP contribution in [0.25, 0.3) is 11.3 Å². The summed E-state index contributed by atoms with van der Waals surface area (Å²) in [7, 11) is 0. The number of aliphatic hydroxyl groups excluding tert-OH is 1. The van der Waals surface area contributed by atoms with E-state index in [0.717, 1.165) is 23.2 Å². The highest BCUT2D eigenvalue weighted by atomic mass is 16.3. The van der Waals surface area contributed by atoms with Gasteiger partial charge in [-0.1, -0.05) is 19.1 Å². The number of H-pyrrole nitrogens is 1. The summed E-state index contributed by atoms with van der Waals surface area (Å²) in [6, 6.07) is 5.41. The van der Waals surface area contributed by atoms with Gasteiger partial charge in [-0.25, -0.2) is 4.98 Å². The molecule has 0 bridgehead atoms. The van der Waals surface area contributed by atoms with Crippen LogP contribution in [0.5, 0.6) is 5.75 Å². The molecule has 0 unspecified atom stereocenters. The fourth-order valence-electron chi connectivity index (χ4n) is 2.21. The first-order valence-corrected chi connectivity index (χ1v) is 7.27. The van der Waals surface area contributed by atoms with Crippen LogP contribution in [-0.4, -0.2) is 44.1 Å². The topological polar surface area (TPSA) is 89.5 Å². The lowest BCUT2D eigenvalue weighted by Gasteiger charge is -2.19. The zero-order valence-corrected chi connectivity index (χ0v) is 12.8. The van der Waals surface area contributed by atoms with E-state index in [4.69, 9.17) is 5.11 Å². The highest BCUT2D eigenvalue weighted by Gasteiger charge is 2.14. The molecule has 2 aromatic rings. The largest absolute Gasteiger partial charge is 0.508 e. The average Bonchev–Trinajstić information content (AvgIpc) is 2.97. The maximum atomic E-state index is 11.7. The highest BCUT2D eigenvalue weighted by Crippen LogP contribution is 2.24. The number of amides is 1. The summed E-state index contributed by atoms with van der Waals surface area (Å²) in [4.78, 5) is 20.6. The van der Waals surface area contributed by atoms with Gasteiger partial charge in [0.1, 0.15) is 18.2 Å². The van der Waals surface area contributed by atoms with Gasteiger partial charge in [-0.2, -0.15) is 0 Å². The molecule has 0 radical (unpaired) electrons. The lowest BCUT2D eigenvalue weighted by molar-refractivity contribution is -0.134. The third-order valence-electron chi connectivity index (χ3n) is 3.47. The number of imidazole rings is 1. The minimum absolute atomic E-state index is 0.233. The lowest BCUT2D eigenvalue weighted by Crippen LogP contribution is -2.33. The zero-order chi connectivity index (χ0) is 16.1. The molecule has 3 N–H and O–H groups in total. The summed E-state index contributed by atoms with van der Waals surface area (Å²) in [5, 5.41) is 18.8. The Morgan fingerprint density at radius 3 is 2.82 bits per heavy atom. The molecule has 6 nitrogen and oxygen atoms in total. The van der Waals surface area contributed by atoms with Crippen LogP contribution in [-0.2, 0) is 11.3 Å². The summed E-state index contributed by atoms with van der Waals surface area (Å²) < 4.78 is 0. The summed E-state index contributed by atoms with van der Waals surface area (Å²) in [5.41, 5.74) is 2.42. The molecule has 2 rings (SSSR count). The van der Waals surface area contributed by atoms with Crippen molar-refractivity contribution in [3.8, 4) is 17.0 Å². The Morgan fingerprint density at radius 1 is 1.41 bits per heavy atom. The molecule has 6 heteroatoms. The number of aromatic hydroxyl groups is 1. The first-order valence-electron chi connectivity index (χ1n) is 7.27. The molecule has 1 amide bonds. The third-order valence-corrected chi connectivity index (χ3v) is 3.47. The van der Waals surface area contributed by atoms with Crippen molar-refractivity contribution in [3.63, 3.8) is 0 Å². The first-order chi connectivity index (χ1) is 10.5. The molecule has 1 aromatic carbocycles. The van der Waals surface area contributed by atoms with Gasteiger partial charge in [-0.3, -0.25) is 4.79 Å². The number of aliphatic hydroxyl groups is 1. The Labute approximate surface area is 129 Å². The highest BCUT2D eigenvalue weighted by molar-refractivity contribution is 5.77. The van der Waals surface area contributed by atoms with E-state index >= 15 is 0 Å². The summed E-state index contributed by atoms with van der Waals surface area (Å²) in [5.74, 6) is 0.565. The van der Waals surface area contributed by atoms with Gasteiger partial charge in [0.25, 0.3) is 0 Å². The molecule has 1 heterocycles. The molecule has 118 valence electrons. The third kappa shape index (κ3) is 3.65. The standard InChI is InChI=1S/C16H21N3O3/c1-3-6-19(16(22)10-20)9-15-17-8-13(18-15)12-5-4-11(2)14(21)7-12/h4-5,7-8,20-21H,3,6,9-10H2,1-2H3,(H,17,18). The summed E-state index contributed by atoms with van der Waals surface area (Å²) in [6.45, 7) is 4.20. The van der Waals surface area contributed by atoms with Crippen molar-refractivity contribution in [3.05, 3.63) is 35.8 Å². The predicted octanol–water partition coefficient (Wildman–Crippen LogP) is 1.82. The lowest BCUT2D eigenvalue weighted by atomic mass is 10.1. The predicted molar refractivity (Wildman–Crippen MR) is 83.2 cm³/mol. The summed E-state index contributed by atoms with van der Waals surface area (Å²) in [6.07, 6.45) is 2.48. The minimum atomic E-state index is -0.501. The van der Waals surface area contributed by atoms with E-state index in [1.807, 2.05) is 26.0 Å². The number of carbonyl (C=O) groups excluding carboxylic acids is 1. The number of hydrogen-bond acceptors (Lipinski definition) is 4. The first kappa shape index (κ1) is 16.0. The average molecular weight is 303 g/mol. The molecule has 0 atom stereocenters. The van der Waals surface area contributed by atoms with Crippen LogP contribution in [0.4, 0.5) is 0 Å². The zero-order valence-electron chi connectivity index (χ0n) is 12.8. The fourth-order valence-corrected chi connectivity index (χ4v) is 2.21. The van der Waals surface area contributed by atoms with Gasteiger partial charge >= 0.3 is 0 Å². The van der Waals surface area contributed by atoms with Gasteiger partial charge in [0.05, 0.1) is 18.4 Å². The molecular formula is C16H21N3O3. The van der Waals surface area contributed by atoms with Crippen LogP contribution >= 0.6 is 0 Å². The number of aryl methyl sites for hydroxylation is 1. The van der Waals surface area contributed by atoms with Crippen LogP contribution in [0.3, 0.4) is 0 Å². The molecule has 0 spiro atoms. The number of nitrogens with one attached hydrogen (secondary N) is 1. The Kier molecular flexibility index (Phi) is 5.16. The Bertz CT molecular complexity index is 652. The van der Waals surface area contributed by atoms with Crippen molar-refractivity contribution < 1.29 is 15.0 Å². The normalized spacial score (nSPS) is 10.7. The van der Waals surface area contributed by atoms with Crippen molar-refractivity contribution >= 4 is 5.91 Å². The molecular weight excluding hydrogens is 282 g/mol. The Balaban J connectivity index is 2.16. The second-order valence-corrected chi connectivity index (χ2v) is 5.22. The van der Waals surface area contributed by atoms with Crippen molar-refractivity contribution in [2.24, 2.45) is 0 Å². The molecule has 0 saturated carbocycles. The number of phenolic OH excluding ortho intramolecular Hbond substituents is 1. The van der Waals surface area contributed by atoms with Crippen molar-refractivity contribution in [2.45, 2.75) is 26.8 Å². The maximum absolute atomic E-state index is 11.7. The van der Waals surface area contributed by atoms with E-state index < -0.39 is 6.61 Å². The van der Waals surface area contributed by atoms with Gasteiger partial charge in [0.2, 0.25) is 5.91 Å². The van der Waals surface area contributed by atoms with Crippen LogP contribution in [0.15, 0.2) is 24.4 Å². The van der Waals surface area contributed by atoms with Crippen LogP contribution < -0.4 is 0 Å². The van der Waals surface area contributed by atoms with E-state index in [1.165, 1.54) is 0 Å². The number of hydrogen-bond donors (Lipinski definition) is 3. The van der Waals surface area contributed by atoms with Crippen molar-refractivity contribution in [1.29, 1.82) is 0 Å². The van der Waals surface area contributed by atoms with E-state index in [1.54, 1.807) is 17.2 Å². The molecule has 22 heavy (non-hydrogen) atoms. The van der Waals surface area contributed by atoms with Gasteiger partial charge < -0.3 is 20.1 Å².